The molecular formula is C18H27IN4S2. The van der Waals surface area contributed by atoms with E-state index in [1.165, 1.54) is 36.4 Å². The quantitative estimate of drug-likeness (QED) is 0.365. The molecule has 3 heterocycles. The molecule has 7 heteroatoms. The Bertz CT molecular complexity index is 605. The van der Waals surface area contributed by atoms with Crippen LogP contribution in [0.25, 0.3) is 0 Å². The molecule has 25 heavy (non-hydrogen) atoms. The molecule has 0 spiro atoms. The number of aliphatic imine (C=N–C) groups is 1. The van der Waals surface area contributed by atoms with Gasteiger partial charge in [-0.3, -0.25) is 9.89 Å². The van der Waals surface area contributed by atoms with Crippen LogP contribution in [0.4, 0.5) is 0 Å². The van der Waals surface area contributed by atoms with Crippen molar-refractivity contribution in [2.24, 2.45) is 10.9 Å². The Morgan fingerprint density at radius 3 is 2.72 bits per heavy atom. The number of likely N-dealkylation sites (tertiary alicyclic amines) is 1. The fourth-order valence-corrected chi connectivity index (χ4v) is 4.43. The van der Waals surface area contributed by atoms with Gasteiger partial charge in [-0.15, -0.1) is 35.3 Å². The maximum atomic E-state index is 4.33. The van der Waals surface area contributed by atoms with Crippen molar-refractivity contribution >= 4 is 52.6 Å². The van der Waals surface area contributed by atoms with E-state index in [9.17, 15) is 0 Å². The van der Waals surface area contributed by atoms with Crippen LogP contribution in [0, 0.1) is 5.92 Å². The van der Waals surface area contributed by atoms with Gasteiger partial charge in [-0.2, -0.15) is 11.3 Å². The topological polar surface area (TPSA) is 39.7 Å². The molecule has 0 radical (unpaired) electrons. The highest BCUT2D eigenvalue weighted by molar-refractivity contribution is 14.0. The number of guanidine groups is 1. The zero-order chi connectivity index (χ0) is 16.6. The molecule has 0 amide bonds. The van der Waals surface area contributed by atoms with Crippen molar-refractivity contribution in [3.8, 4) is 0 Å². The van der Waals surface area contributed by atoms with Crippen LogP contribution in [0.15, 0.2) is 39.3 Å². The summed E-state index contributed by atoms with van der Waals surface area (Å²) in [5, 5.41) is 13.3. The first-order valence-corrected chi connectivity index (χ1v) is 10.4. The van der Waals surface area contributed by atoms with Crippen LogP contribution in [0.1, 0.15) is 23.3 Å². The molecule has 0 aromatic carbocycles. The molecule has 1 saturated heterocycles. The highest BCUT2D eigenvalue weighted by Crippen LogP contribution is 2.20. The van der Waals surface area contributed by atoms with Crippen LogP contribution in [-0.2, 0) is 13.1 Å². The molecular weight excluding hydrogens is 463 g/mol. The Kier molecular flexibility index (Phi) is 9.22. The Morgan fingerprint density at radius 2 is 2.08 bits per heavy atom. The predicted octanol–water partition coefficient (Wildman–Crippen LogP) is 4.00. The van der Waals surface area contributed by atoms with Crippen LogP contribution < -0.4 is 10.6 Å². The van der Waals surface area contributed by atoms with Crippen molar-refractivity contribution in [3.63, 3.8) is 0 Å². The van der Waals surface area contributed by atoms with Crippen molar-refractivity contribution < 1.29 is 0 Å². The van der Waals surface area contributed by atoms with Gasteiger partial charge in [0.1, 0.15) is 0 Å². The molecule has 0 bridgehead atoms. The normalized spacial score (nSPS) is 16.4. The lowest BCUT2D eigenvalue weighted by Crippen LogP contribution is -2.42. The molecule has 1 fully saturated rings. The molecule has 2 N–H and O–H groups in total. The predicted molar refractivity (Wildman–Crippen MR) is 120 cm³/mol. The average Bonchev–Trinajstić information content (AvgIpc) is 3.30. The van der Waals surface area contributed by atoms with Gasteiger partial charge in [0.05, 0.1) is 0 Å². The fourth-order valence-electron chi connectivity index (χ4n) is 3.01. The summed E-state index contributed by atoms with van der Waals surface area (Å²) >= 11 is 3.59. The van der Waals surface area contributed by atoms with Gasteiger partial charge in [-0.05, 0) is 65.7 Å². The van der Waals surface area contributed by atoms with E-state index in [-0.39, 0.29) is 24.0 Å². The zero-order valence-corrected chi connectivity index (χ0v) is 18.6. The van der Waals surface area contributed by atoms with E-state index in [2.05, 4.69) is 54.9 Å². The van der Waals surface area contributed by atoms with Crippen molar-refractivity contribution in [3.05, 3.63) is 44.8 Å². The number of halogens is 1. The van der Waals surface area contributed by atoms with Crippen molar-refractivity contribution in [1.82, 2.24) is 15.5 Å². The lowest BCUT2D eigenvalue weighted by molar-refractivity contribution is 0.179. The van der Waals surface area contributed by atoms with E-state index in [1.807, 2.05) is 18.4 Å². The molecule has 1 aliphatic heterocycles. The third kappa shape index (κ3) is 6.88. The van der Waals surface area contributed by atoms with Gasteiger partial charge in [0, 0.05) is 31.6 Å². The summed E-state index contributed by atoms with van der Waals surface area (Å²) in [6.07, 6.45) is 2.53. The van der Waals surface area contributed by atoms with Crippen LogP contribution in [0.5, 0.6) is 0 Å². The van der Waals surface area contributed by atoms with Gasteiger partial charge in [0.25, 0.3) is 0 Å². The molecule has 3 rings (SSSR count). The molecule has 0 unspecified atom stereocenters. The number of hydrogen-bond acceptors (Lipinski definition) is 4. The minimum Gasteiger partial charge on any atom is -0.356 e. The van der Waals surface area contributed by atoms with Crippen LogP contribution in [-0.4, -0.2) is 37.5 Å². The summed E-state index contributed by atoms with van der Waals surface area (Å²) in [5.41, 5.74) is 1.31. The summed E-state index contributed by atoms with van der Waals surface area (Å²) in [5.74, 6) is 1.64. The summed E-state index contributed by atoms with van der Waals surface area (Å²) in [6.45, 7) is 5.36. The fraction of sp³-hybridized carbons (Fsp3) is 0.500. The summed E-state index contributed by atoms with van der Waals surface area (Å²) < 4.78 is 0. The SMILES string of the molecule is CN=C(NCc1ccsc1)NCC1CCN(Cc2cccs2)CC1.I. The maximum absolute atomic E-state index is 4.33. The van der Waals surface area contributed by atoms with Gasteiger partial charge in [0.15, 0.2) is 5.96 Å². The molecule has 138 valence electrons. The number of hydrogen-bond donors (Lipinski definition) is 2. The van der Waals surface area contributed by atoms with Gasteiger partial charge >= 0.3 is 0 Å². The Hall–Kier alpha value is -0.640. The van der Waals surface area contributed by atoms with Crippen molar-refractivity contribution in [1.29, 1.82) is 0 Å². The highest BCUT2D eigenvalue weighted by atomic mass is 127. The van der Waals surface area contributed by atoms with Gasteiger partial charge in [0.2, 0.25) is 0 Å². The van der Waals surface area contributed by atoms with Gasteiger partial charge < -0.3 is 10.6 Å². The third-order valence-electron chi connectivity index (χ3n) is 4.49. The van der Waals surface area contributed by atoms with E-state index in [4.69, 9.17) is 0 Å². The van der Waals surface area contributed by atoms with E-state index < -0.39 is 0 Å². The van der Waals surface area contributed by atoms with Crippen molar-refractivity contribution in [2.75, 3.05) is 26.7 Å². The van der Waals surface area contributed by atoms with E-state index >= 15 is 0 Å². The lowest BCUT2D eigenvalue weighted by Gasteiger charge is -2.32. The van der Waals surface area contributed by atoms with E-state index in [0.29, 0.717) is 0 Å². The van der Waals surface area contributed by atoms with Crippen LogP contribution >= 0.6 is 46.7 Å². The third-order valence-corrected chi connectivity index (χ3v) is 6.08. The summed E-state index contributed by atoms with van der Waals surface area (Å²) in [7, 11) is 1.84. The molecule has 0 atom stereocenters. The summed E-state index contributed by atoms with van der Waals surface area (Å²) in [6, 6.07) is 6.53. The first kappa shape index (κ1) is 20.7. The molecule has 0 aliphatic carbocycles. The standard InChI is InChI=1S/C18H26N4S2.HI/c1-19-18(21-12-16-6-10-23-14-16)20-11-15-4-7-22(8-5-15)13-17-3-2-9-24-17;/h2-3,6,9-10,14-15H,4-5,7-8,11-13H2,1H3,(H2,19,20,21);1H. The Morgan fingerprint density at radius 1 is 1.24 bits per heavy atom. The first-order valence-electron chi connectivity index (χ1n) is 8.54. The monoisotopic (exact) mass is 490 g/mol. The molecule has 4 nitrogen and oxygen atoms in total. The van der Waals surface area contributed by atoms with Gasteiger partial charge in [-0.25, -0.2) is 0 Å². The zero-order valence-electron chi connectivity index (χ0n) is 14.6. The number of rotatable bonds is 6. The highest BCUT2D eigenvalue weighted by Gasteiger charge is 2.19. The Labute approximate surface area is 175 Å². The second-order valence-corrected chi connectivity index (χ2v) is 8.05. The number of nitrogens with one attached hydrogen (secondary N) is 2. The van der Waals surface area contributed by atoms with Crippen LogP contribution in [0.3, 0.4) is 0 Å². The number of nitrogens with zero attached hydrogens (tertiary/aromatic N) is 2. The Balaban J connectivity index is 0.00000225. The minimum atomic E-state index is 0. The maximum Gasteiger partial charge on any atom is 0.191 e. The first-order chi connectivity index (χ1) is 11.8. The number of piperidine rings is 1. The second kappa shape index (κ2) is 11.2. The van der Waals surface area contributed by atoms with Crippen molar-refractivity contribution in [2.45, 2.75) is 25.9 Å². The second-order valence-electron chi connectivity index (χ2n) is 6.24. The van der Waals surface area contributed by atoms with Crippen LogP contribution in [0.2, 0.25) is 0 Å². The molecule has 2 aromatic rings. The van der Waals surface area contributed by atoms with E-state index in [0.717, 1.165) is 31.5 Å². The average molecular weight is 490 g/mol. The van der Waals surface area contributed by atoms with Gasteiger partial charge in [-0.1, -0.05) is 6.07 Å². The largest absolute Gasteiger partial charge is 0.356 e. The molecule has 0 saturated carbocycles. The van der Waals surface area contributed by atoms with E-state index in [1.54, 1.807) is 11.3 Å². The number of thiophene rings is 2. The smallest absolute Gasteiger partial charge is 0.191 e. The molecule has 1 aliphatic rings. The summed E-state index contributed by atoms with van der Waals surface area (Å²) in [4.78, 5) is 8.38. The minimum absolute atomic E-state index is 0. The lowest BCUT2D eigenvalue weighted by atomic mass is 9.97. The molecule has 2 aromatic heterocycles.